The summed E-state index contributed by atoms with van der Waals surface area (Å²) in [6, 6.07) is 21.1. The number of likely N-dealkylation sites (tertiary alicyclic amines) is 1. The molecule has 8 heteroatoms. The van der Waals surface area contributed by atoms with E-state index in [4.69, 9.17) is 4.98 Å². The first-order chi connectivity index (χ1) is 17.4. The van der Waals surface area contributed by atoms with Crippen molar-refractivity contribution in [3.8, 4) is 0 Å². The maximum atomic E-state index is 13.4. The van der Waals surface area contributed by atoms with Crippen LogP contribution in [0, 0.1) is 0 Å². The lowest BCUT2D eigenvalue weighted by Gasteiger charge is -2.32. The lowest BCUT2D eigenvalue weighted by Crippen LogP contribution is -2.47. The van der Waals surface area contributed by atoms with Crippen molar-refractivity contribution < 1.29 is 14.4 Å². The molecule has 2 saturated heterocycles. The Labute approximate surface area is 212 Å². The Morgan fingerprint density at radius 3 is 2.69 bits per heavy atom. The van der Waals surface area contributed by atoms with Crippen LogP contribution in [-0.4, -0.2) is 52.3 Å². The van der Waals surface area contributed by atoms with Crippen molar-refractivity contribution in [1.82, 2.24) is 20.1 Å². The summed E-state index contributed by atoms with van der Waals surface area (Å²) in [5.41, 5.74) is 0.462. The number of hydrogen-bond donors (Lipinski definition) is 1. The normalized spacial score (nSPS) is 22.4. The molecule has 7 nitrogen and oxygen atoms in total. The van der Waals surface area contributed by atoms with E-state index in [1.807, 2.05) is 60.7 Å². The molecule has 2 aliphatic rings. The van der Waals surface area contributed by atoms with E-state index in [0.717, 1.165) is 43.7 Å². The van der Waals surface area contributed by atoms with Crippen molar-refractivity contribution in [1.29, 1.82) is 0 Å². The first-order valence-corrected chi connectivity index (χ1v) is 13.0. The molecule has 2 aliphatic heterocycles. The van der Waals surface area contributed by atoms with Crippen LogP contribution in [0.3, 0.4) is 0 Å². The predicted molar refractivity (Wildman–Crippen MR) is 140 cm³/mol. The summed E-state index contributed by atoms with van der Waals surface area (Å²) in [4.78, 5) is 47.2. The van der Waals surface area contributed by atoms with E-state index < -0.39 is 17.5 Å². The van der Waals surface area contributed by atoms with Gasteiger partial charge in [0.05, 0.1) is 15.2 Å². The van der Waals surface area contributed by atoms with Crippen LogP contribution in [0.2, 0.25) is 0 Å². The average Bonchev–Trinajstić information content (AvgIpc) is 3.43. The fraction of sp³-hybridized carbons (Fsp3) is 0.286. The third-order valence-electron chi connectivity index (χ3n) is 7.33. The van der Waals surface area contributed by atoms with Gasteiger partial charge >= 0.3 is 6.03 Å². The molecule has 0 aliphatic carbocycles. The number of carbonyl (C=O) groups is 3. The number of carbonyl (C=O) groups excluding carboxylic acids is 3. The Hall–Kier alpha value is -3.78. The summed E-state index contributed by atoms with van der Waals surface area (Å²) in [6.07, 6.45) is 1.83. The van der Waals surface area contributed by atoms with E-state index in [1.54, 1.807) is 23.2 Å². The number of nitrogens with one attached hydrogen (secondary N) is 1. The molecule has 36 heavy (non-hydrogen) atoms. The van der Waals surface area contributed by atoms with Crippen LogP contribution in [0.1, 0.15) is 36.3 Å². The highest BCUT2D eigenvalue weighted by Crippen LogP contribution is 2.34. The standard InChI is InChI=1S/C28H26N4O3S/c1-28(21-13-12-18-7-2-3-8-19(18)15-21)26(34)32(27(35)30-28)17-24(33)31-14-6-9-20(16-31)25-29-22-10-4-5-11-23(22)36-25/h2-5,7-8,10-13,15,20H,6,9,14,16-17H2,1H3,(H,30,35)/t20-,28+/m0/s1. The Balaban J connectivity index is 1.18. The molecule has 6 rings (SSSR count). The first kappa shape index (κ1) is 22.7. The number of rotatable bonds is 4. The van der Waals surface area contributed by atoms with Gasteiger partial charge in [-0.05, 0) is 54.3 Å². The van der Waals surface area contributed by atoms with Crippen molar-refractivity contribution in [2.75, 3.05) is 19.6 Å². The van der Waals surface area contributed by atoms with Crippen molar-refractivity contribution in [2.24, 2.45) is 0 Å². The third-order valence-corrected chi connectivity index (χ3v) is 8.53. The monoisotopic (exact) mass is 498 g/mol. The molecule has 0 radical (unpaired) electrons. The van der Waals surface area contributed by atoms with E-state index in [-0.39, 0.29) is 18.4 Å². The Kier molecular flexibility index (Phi) is 5.48. The van der Waals surface area contributed by atoms with Gasteiger partial charge in [-0.2, -0.15) is 0 Å². The van der Waals surface area contributed by atoms with Gasteiger partial charge in [0.1, 0.15) is 12.1 Å². The highest BCUT2D eigenvalue weighted by molar-refractivity contribution is 7.18. The second kappa shape index (κ2) is 8.71. The molecule has 0 bridgehead atoms. The van der Waals surface area contributed by atoms with Crippen molar-refractivity contribution >= 4 is 50.2 Å². The number of aromatic nitrogens is 1. The number of imide groups is 1. The van der Waals surface area contributed by atoms with Gasteiger partial charge in [0.25, 0.3) is 5.91 Å². The molecular weight excluding hydrogens is 472 g/mol. The molecule has 182 valence electrons. The molecule has 4 amide bonds. The van der Waals surface area contributed by atoms with E-state index in [9.17, 15) is 14.4 Å². The van der Waals surface area contributed by atoms with Crippen LogP contribution < -0.4 is 5.32 Å². The summed E-state index contributed by atoms with van der Waals surface area (Å²) < 4.78 is 1.14. The van der Waals surface area contributed by atoms with Crippen LogP contribution in [0.4, 0.5) is 4.79 Å². The lowest BCUT2D eigenvalue weighted by molar-refractivity contribution is -0.139. The van der Waals surface area contributed by atoms with Gasteiger partial charge in [0.2, 0.25) is 5.91 Å². The minimum absolute atomic E-state index is 0.158. The Morgan fingerprint density at radius 1 is 1.08 bits per heavy atom. The highest BCUT2D eigenvalue weighted by Gasteiger charge is 2.50. The smallest absolute Gasteiger partial charge is 0.325 e. The van der Waals surface area contributed by atoms with Gasteiger partial charge in [-0.25, -0.2) is 9.78 Å². The molecule has 0 spiro atoms. The van der Waals surface area contributed by atoms with Crippen molar-refractivity contribution in [3.63, 3.8) is 0 Å². The summed E-state index contributed by atoms with van der Waals surface area (Å²) in [6.45, 7) is 2.60. The fourth-order valence-corrected chi connectivity index (χ4v) is 6.33. The summed E-state index contributed by atoms with van der Waals surface area (Å²) in [5, 5.41) is 5.91. The molecule has 3 heterocycles. The molecule has 2 fully saturated rings. The molecule has 0 saturated carbocycles. The lowest BCUT2D eigenvalue weighted by atomic mass is 9.90. The van der Waals surface area contributed by atoms with Gasteiger partial charge in [0.15, 0.2) is 0 Å². The first-order valence-electron chi connectivity index (χ1n) is 12.2. The van der Waals surface area contributed by atoms with E-state index in [0.29, 0.717) is 18.7 Å². The summed E-state index contributed by atoms with van der Waals surface area (Å²) in [5.74, 6) is -0.464. The van der Waals surface area contributed by atoms with Crippen LogP contribution in [0.5, 0.6) is 0 Å². The Morgan fingerprint density at radius 2 is 1.86 bits per heavy atom. The number of nitrogens with zero attached hydrogens (tertiary/aromatic N) is 3. The number of fused-ring (bicyclic) bond motifs is 2. The van der Waals surface area contributed by atoms with Gasteiger partial charge in [-0.15, -0.1) is 11.3 Å². The molecule has 4 aromatic rings. The highest BCUT2D eigenvalue weighted by atomic mass is 32.1. The molecule has 2 atom stereocenters. The van der Waals surface area contributed by atoms with E-state index >= 15 is 0 Å². The quantitative estimate of drug-likeness (QED) is 0.416. The minimum atomic E-state index is -1.22. The Bertz CT molecular complexity index is 1480. The largest absolute Gasteiger partial charge is 0.340 e. The molecule has 1 N–H and O–H groups in total. The van der Waals surface area contributed by atoms with Crippen LogP contribution >= 0.6 is 11.3 Å². The zero-order valence-corrected chi connectivity index (χ0v) is 20.8. The number of piperidine rings is 1. The zero-order chi connectivity index (χ0) is 24.9. The topological polar surface area (TPSA) is 82.6 Å². The van der Waals surface area contributed by atoms with Gasteiger partial charge in [-0.3, -0.25) is 14.5 Å². The van der Waals surface area contributed by atoms with Crippen molar-refractivity contribution in [3.05, 3.63) is 77.3 Å². The minimum Gasteiger partial charge on any atom is -0.340 e. The number of para-hydroxylation sites is 1. The van der Waals surface area contributed by atoms with Gasteiger partial charge < -0.3 is 10.2 Å². The third kappa shape index (κ3) is 3.82. The van der Waals surface area contributed by atoms with Crippen LogP contribution in [-0.2, 0) is 15.1 Å². The average molecular weight is 499 g/mol. The zero-order valence-electron chi connectivity index (χ0n) is 19.9. The molecule has 0 unspecified atom stereocenters. The number of amides is 4. The number of benzene rings is 3. The fourth-order valence-electron chi connectivity index (χ4n) is 5.24. The van der Waals surface area contributed by atoms with Crippen LogP contribution in [0.25, 0.3) is 21.0 Å². The number of hydrogen-bond acceptors (Lipinski definition) is 5. The molecule has 1 aromatic heterocycles. The molecular formula is C28H26N4O3S. The van der Waals surface area contributed by atoms with Gasteiger partial charge in [0, 0.05) is 19.0 Å². The van der Waals surface area contributed by atoms with Gasteiger partial charge in [-0.1, -0.05) is 48.5 Å². The van der Waals surface area contributed by atoms with Crippen molar-refractivity contribution in [2.45, 2.75) is 31.2 Å². The van der Waals surface area contributed by atoms with Crippen LogP contribution in [0.15, 0.2) is 66.7 Å². The predicted octanol–water partition coefficient (Wildman–Crippen LogP) is 4.62. The maximum absolute atomic E-state index is 13.4. The van der Waals surface area contributed by atoms with E-state index in [1.165, 1.54) is 0 Å². The van der Waals surface area contributed by atoms with E-state index in [2.05, 4.69) is 11.4 Å². The second-order valence-electron chi connectivity index (χ2n) is 9.71. The molecule has 3 aromatic carbocycles. The SMILES string of the molecule is C[C@]1(c2ccc3ccccc3c2)NC(=O)N(CC(=O)N2CCC[C@H](c3nc4ccccc4s3)C2)C1=O. The second-order valence-corrected chi connectivity index (χ2v) is 10.8. The number of urea groups is 1. The maximum Gasteiger partial charge on any atom is 0.325 e. The summed E-state index contributed by atoms with van der Waals surface area (Å²) >= 11 is 1.67. The number of thiazole rings is 1. The summed E-state index contributed by atoms with van der Waals surface area (Å²) in [7, 11) is 0.